The number of hydrogen-bond acceptors (Lipinski definition) is 8. The molecule has 0 aliphatic heterocycles. The number of rotatable bonds is 15. The van der Waals surface area contributed by atoms with Gasteiger partial charge in [0, 0.05) is 6.42 Å². The summed E-state index contributed by atoms with van der Waals surface area (Å²) in [6.45, 7) is 2.43. The van der Waals surface area contributed by atoms with Gasteiger partial charge in [0.15, 0.2) is 0 Å². The second-order valence-electron chi connectivity index (χ2n) is 7.22. The van der Waals surface area contributed by atoms with Crippen molar-refractivity contribution >= 4 is 35.6 Å². The summed E-state index contributed by atoms with van der Waals surface area (Å²) in [4.78, 5) is 70.2. The van der Waals surface area contributed by atoms with E-state index in [1.165, 1.54) is 0 Å². The van der Waals surface area contributed by atoms with Gasteiger partial charge in [0.25, 0.3) is 0 Å². The number of primary amides is 1. The summed E-state index contributed by atoms with van der Waals surface area (Å²) in [6.07, 6.45) is -0.913. The van der Waals surface area contributed by atoms with E-state index in [0.717, 1.165) is 0 Å². The molecular formula is C18H31N5O9. The molecule has 0 saturated carbocycles. The van der Waals surface area contributed by atoms with E-state index in [4.69, 9.17) is 16.6 Å². The Balaban J connectivity index is 5.36. The van der Waals surface area contributed by atoms with Crippen molar-refractivity contribution in [3.63, 3.8) is 0 Å². The van der Waals surface area contributed by atoms with Crippen molar-refractivity contribution in [3.05, 3.63) is 0 Å². The Bertz CT molecular complexity index is 715. The summed E-state index contributed by atoms with van der Waals surface area (Å²) >= 11 is 0. The maximum absolute atomic E-state index is 12.6. The molecule has 32 heavy (non-hydrogen) atoms. The fourth-order valence-corrected chi connectivity index (χ4v) is 2.52. The van der Waals surface area contributed by atoms with Gasteiger partial charge < -0.3 is 42.7 Å². The molecule has 0 rings (SSSR count). The molecule has 182 valence electrons. The predicted molar refractivity (Wildman–Crippen MR) is 109 cm³/mol. The summed E-state index contributed by atoms with van der Waals surface area (Å²) < 4.78 is 0. The van der Waals surface area contributed by atoms with Crippen LogP contribution in [0.2, 0.25) is 0 Å². The first-order chi connectivity index (χ1) is 14.8. The predicted octanol–water partition coefficient (Wildman–Crippen LogP) is -3.37. The van der Waals surface area contributed by atoms with Crippen molar-refractivity contribution in [1.82, 2.24) is 16.0 Å². The van der Waals surface area contributed by atoms with Crippen molar-refractivity contribution in [2.75, 3.05) is 6.61 Å². The summed E-state index contributed by atoms with van der Waals surface area (Å²) in [5.41, 5.74) is 10.5. The summed E-state index contributed by atoms with van der Waals surface area (Å²) in [6, 6.07) is -5.74. The van der Waals surface area contributed by atoms with Gasteiger partial charge >= 0.3 is 11.9 Å². The van der Waals surface area contributed by atoms with Gasteiger partial charge in [0.05, 0.1) is 19.1 Å². The SMILES string of the molecule is CCC(C)C(NC(=O)C(CO)NC(=O)C(CCC(N)=O)NC(=O)C(N)CC(=O)O)C(=O)O. The molecule has 10 N–H and O–H groups in total. The number of nitrogens with two attached hydrogens (primary N) is 2. The van der Waals surface area contributed by atoms with Gasteiger partial charge in [-0.2, -0.15) is 0 Å². The molecule has 14 nitrogen and oxygen atoms in total. The number of nitrogens with one attached hydrogen (secondary N) is 3. The van der Waals surface area contributed by atoms with Gasteiger partial charge in [-0.25, -0.2) is 4.79 Å². The zero-order chi connectivity index (χ0) is 25.0. The van der Waals surface area contributed by atoms with Crippen molar-refractivity contribution < 1.29 is 44.1 Å². The Labute approximate surface area is 184 Å². The third-order valence-corrected chi connectivity index (χ3v) is 4.64. The van der Waals surface area contributed by atoms with Crippen LogP contribution < -0.4 is 27.4 Å². The Morgan fingerprint density at radius 3 is 1.88 bits per heavy atom. The minimum absolute atomic E-state index is 0.295. The fourth-order valence-electron chi connectivity index (χ4n) is 2.52. The minimum Gasteiger partial charge on any atom is -0.481 e. The zero-order valence-electron chi connectivity index (χ0n) is 17.9. The normalized spacial score (nSPS) is 15.4. The van der Waals surface area contributed by atoms with Gasteiger partial charge in [-0.1, -0.05) is 20.3 Å². The number of carbonyl (C=O) groups is 6. The molecule has 5 unspecified atom stereocenters. The Hall–Kier alpha value is -3.26. The van der Waals surface area contributed by atoms with Crippen molar-refractivity contribution in [1.29, 1.82) is 0 Å². The molecule has 0 aromatic rings. The van der Waals surface area contributed by atoms with E-state index in [2.05, 4.69) is 16.0 Å². The van der Waals surface area contributed by atoms with Gasteiger partial charge in [0.2, 0.25) is 23.6 Å². The molecule has 0 aromatic heterocycles. The maximum Gasteiger partial charge on any atom is 0.326 e. The van der Waals surface area contributed by atoms with Crippen molar-refractivity contribution in [2.45, 2.75) is 63.7 Å². The lowest BCUT2D eigenvalue weighted by atomic mass is 9.99. The second kappa shape index (κ2) is 13.9. The number of hydrogen-bond donors (Lipinski definition) is 8. The number of carbonyl (C=O) groups excluding carboxylic acids is 4. The topological polar surface area (TPSA) is 251 Å². The monoisotopic (exact) mass is 461 g/mol. The second-order valence-corrected chi connectivity index (χ2v) is 7.22. The van der Waals surface area contributed by atoms with E-state index in [1.807, 2.05) is 0 Å². The van der Waals surface area contributed by atoms with Crippen LogP contribution in [0.5, 0.6) is 0 Å². The van der Waals surface area contributed by atoms with Crippen molar-refractivity contribution in [2.24, 2.45) is 17.4 Å². The van der Waals surface area contributed by atoms with Crippen LogP contribution in [0.4, 0.5) is 0 Å². The lowest BCUT2D eigenvalue weighted by Crippen LogP contribution is -2.58. The van der Waals surface area contributed by atoms with Gasteiger partial charge in [-0.05, 0) is 12.3 Å². The summed E-state index contributed by atoms with van der Waals surface area (Å²) in [5.74, 6) is -6.84. The zero-order valence-corrected chi connectivity index (χ0v) is 17.9. The van der Waals surface area contributed by atoms with Gasteiger partial charge in [0.1, 0.15) is 18.1 Å². The molecule has 0 fully saturated rings. The molecule has 4 amide bonds. The highest BCUT2D eigenvalue weighted by Crippen LogP contribution is 2.08. The molecule has 0 heterocycles. The first-order valence-corrected chi connectivity index (χ1v) is 9.84. The standard InChI is InChI=1S/C18H31N5O9/c1-3-8(2)14(18(31)32)23-17(30)11(7-24)22-16(29)10(4-5-12(20)25)21-15(28)9(19)6-13(26)27/h8-11,14,24H,3-7,19H2,1-2H3,(H2,20,25)(H,21,28)(H,22,29)(H,23,30)(H,26,27)(H,31,32). The maximum atomic E-state index is 12.6. The highest BCUT2D eigenvalue weighted by molar-refractivity contribution is 5.95. The Morgan fingerprint density at radius 2 is 1.44 bits per heavy atom. The van der Waals surface area contributed by atoms with E-state index in [0.29, 0.717) is 6.42 Å². The van der Waals surface area contributed by atoms with Crippen LogP contribution in [0.25, 0.3) is 0 Å². The Kier molecular flexibility index (Phi) is 12.5. The average Bonchev–Trinajstić information content (AvgIpc) is 2.70. The van der Waals surface area contributed by atoms with Crippen LogP contribution in [0.15, 0.2) is 0 Å². The first-order valence-electron chi connectivity index (χ1n) is 9.84. The minimum atomic E-state index is -1.56. The van der Waals surface area contributed by atoms with E-state index in [1.54, 1.807) is 13.8 Å². The number of carboxylic acid groups (broad SMARTS) is 2. The number of aliphatic hydroxyl groups excluding tert-OH is 1. The smallest absolute Gasteiger partial charge is 0.326 e. The molecule has 0 bridgehead atoms. The largest absolute Gasteiger partial charge is 0.481 e. The van der Waals surface area contributed by atoms with E-state index < -0.39 is 78.7 Å². The molecule has 0 aromatic carbocycles. The summed E-state index contributed by atoms with van der Waals surface area (Å²) in [7, 11) is 0. The third kappa shape index (κ3) is 10.2. The molecule has 0 saturated heterocycles. The number of amides is 4. The van der Waals surface area contributed by atoms with Crippen LogP contribution in [-0.4, -0.2) is 81.7 Å². The molecule has 0 spiro atoms. The molecule has 14 heteroatoms. The average molecular weight is 461 g/mol. The molecule has 0 aliphatic carbocycles. The van der Waals surface area contributed by atoms with Crippen LogP contribution in [0.3, 0.4) is 0 Å². The number of aliphatic carboxylic acids is 2. The van der Waals surface area contributed by atoms with Crippen LogP contribution in [-0.2, 0) is 28.8 Å². The van der Waals surface area contributed by atoms with E-state index >= 15 is 0 Å². The highest BCUT2D eigenvalue weighted by Gasteiger charge is 2.32. The number of aliphatic hydroxyl groups is 1. The highest BCUT2D eigenvalue weighted by atomic mass is 16.4. The molecule has 0 radical (unpaired) electrons. The van der Waals surface area contributed by atoms with Gasteiger partial charge in [-0.15, -0.1) is 0 Å². The molecule has 5 atom stereocenters. The van der Waals surface area contributed by atoms with Crippen LogP contribution >= 0.6 is 0 Å². The number of carboxylic acids is 2. The lowest BCUT2D eigenvalue weighted by molar-refractivity contribution is -0.144. The first kappa shape index (κ1) is 28.7. The fraction of sp³-hybridized carbons (Fsp3) is 0.667. The van der Waals surface area contributed by atoms with Gasteiger partial charge in [-0.3, -0.25) is 24.0 Å². The third-order valence-electron chi connectivity index (χ3n) is 4.64. The van der Waals surface area contributed by atoms with Crippen LogP contribution in [0.1, 0.15) is 39.5 Å². The lowest BCUT2D eigenvalue weighted by Gasteiger charge is -2.25. The molecular weight excluding hydrogens is 430 g/mol. The van der Waals surface area contributed by atoms with E-state index in [9.17, 15) is 39.0 Å². The Morgan fingerprint density at radius 1 is 0.906 bits per heavy atom. The molecule has 0 aliphatic rings. The van der Waals surface area contributed by atoms with E-state index in [-0.39, 0.29) is 12.8 Å². The van der Waals surface area contributed by atoms with Crippen molar-refractivity contribution in [3.8, 4) is 0 Å². The quantitative estimate of drug-likeness (QED) is 0.120. The van der Waals surface area contributed by atoms with Crippen LogP contribution in [0, 0.1) is 5.92 Å². The summed E-state index contributed by atoms with van der Waals surface area (Å²) in [5, 5.41) is 34.1.